The van der Waals surface area contributed by atoms with Crippen LogP contribution in [0.2, 0.25) is 0 Å². The van der Waals surface area contributed by atoms with Crippen LogP contribution >= 0.6 is 15.9 Å². The standard InChI is InChI=1S/C2HBrF2NO/c3-2(4,5)1(6)7/h6H. The molecule has 0 rings (SSSR count). The van der Waals surface area contributed by atoms with Crippen molar-refractivity contribution in [2.45, 2.75) is 4.83 Å². The summed E-state index contributed by atoms with van der Waals surface area (Å²) in [4.78, 5) is 5.68. The lowest BCUT2D eigenvalue weighted by atomic mass is 10.7. The summed E-state index contributed by atoms with van der Waals surface area (Å²) in [6.07, 6.45) is 0. The van der Waals surface area contributed by atoms with Gasteiger partial charge in [-0.1, -0.05) is 0 Å². The van der Waals surface area contributed by atoms with E-state index in [2.05, 4.69) is 0 Å². The Morgan fingerprint density at radius 1 is 1.71 bits per heavy atom. The third kappa shape index (κ3) is 2.50. The lowest BCUT2D eigenvalue weighted by Crippen LogP contribution is -2.20. The molecule has 0 heterocycles. The molecule has 0 aromatic carbocycles. The van der Waals surface area contributed by atoms with Crippen molar-refractivity contribution >= 4 is 21.8 Å². The van der Waals surface area contributed by atoms with Crippen LogP contribution in [0.3, 0.4) is 0 Å². The van der Waals surface area contributed by atoms with Crippen LogP contribution in [0.15, 0.2) is 0 Å². The van der Waals surface area contributed by atoms with Crippen molar-refractivity contribution < 1.29 is 13.6 Å². The number of amides is 1. The van der Waals surface area contributed by atoms with Crippen molar-refractivity contribution in [1.82, 2.24) is 5.73 Å². The lowest BCUT2D eigenvalue weighted by molar-refractivity contribution is -0.131. The molecule has 0 aliphatic carbocycles. The first-order valence-corrected chi connectivity index (χ1v) is 2.06. The second-order valence-electron chi connectivity index (χ2n) is 0.827. The van der Waals surface area contributed by atoms with Crippen LogP contribution in [-0.4, -0.2) is 10.7 Å². The molecule has 0 saturated carbocycles. The van der Waals surface area contributed by atoms with Gasteiger partial charge in [-0.15, -0.1) is 0 Å². The normalized spacial score (nSPS) is 11.3. The second-order valence-corrected chi connectivity index (χ2v) is 1.82. The average Bonchev–Trinajstić information content (AvgIpc) is 1.31. The summed E-state index contributed by atoms with van der Waals surface area (Å²) >= 11 is 1.67. The molecule has 0 aromatic rings. The molecule has 1 radical (unpaired) electrons. The molecule has 1 amide bonds. The van der Waals surface area contributed by atoms with Crippen molar-refractivity contribution in [1.29, 1.82) is 0 Å². The maximum Gasteiger partial charge on any atom is 0.379 e. The Bertz CT molecular complexity index is 88.2. The van der Waals surface area contributed by atoms with E-state index in [-0.39, 0.29) is 0 Å². The lowest BCUT2D eigenvalue weighted by Gasteiger charge is -1.96. The predicted octanol–water partition coefficient (Wildman–Crippen LogP) is 0.784. The fourth-order valence-corrected chi connectivity index (χ4v) is 0. The summed E-state index contributed by atoms with van der Waals surface area (Å²) in [6.45, 7) is 0. The molecule has 0 unspecified atom stereocenters. The van der Waals surface area contributed by atoms with Gasteiger partial charge in [-0.25, -0.2) is 0 Å². The fraction of sp³-hybridized carbons (Fsp3) is 0.500. The van der Waals surface area contributed by atoms with E-state index in [1.807, 2.05) is 0 Å². The van der Waals surface area contributed by atoms with Crippen LogP contribution in [0.1, 0.15) is 0 Å². The zero-order chi connectivity index (χ0) is 6.08. The number of halogens is 3. The number of rotatable bonds is 1. The number of carbonyl (C=O) groups is 1. The third-order valence-electron chi connectivity index (χ3n) is 0.257. The summed E-state index contributed by atoms with van der Waals surface area (Å²) in [5, 5.41) is 0. The molecular formula is C2HBrF2NO. The molecule has 0 saturated heterocycles. The number of hydrogen-bond acceptors (Lipinski definition) is 1. The van der Waals surface area contributed by atoms with Crippen molar-refractivity contribution in [3.05, 3.63) is 0 Å². The molecular weight excluding hydrogens is 172 g/mol. The molecule has 1 N–H and O–H groups in total. The summed E-state index contributed by atoms with van der Waals surface area (Å²) in [7, 11) is 0. The first-order valence-electron chi connectivity index (χ1n) is 1.27. The van der Waals surface area contributed by atoms with Gasteiger partial charge in [-0.3, -0.25) is 10.5 Å². The van der Waals surface area contributed by atoms with Crippen LogP contribution in [0.5, 0.6) is 0 Å². The predicted molar refractivity (Wildman–Crippen MR) is 22.0 cm³/mol. The van der Waals surface area contributed by atoms with Gasteiger partial charge in [0.1, 0.15) is 0 Å². The number of nitrogens with one attached hydrogen (secondary N) is 1. The van der Waals surface area contributed by atoms with Gasteiger partial charge in [-0.2, -0.15) is 8.78 Å². The van der Waals surface area contributed by atoms with Gasteiger partial charge in [0.2, 0.25) is 0 Å². The van der Waals surface area contributed by atoms with E-state index >= 15 is 0 Å². The van der Waals surface area contributed by atoms with Crippen molar-refractivity contribution in [2.75, 3.05) is 0 Å². The summed E-state index contributed by atoms with van der Waals surface area (Å²) in [6, 6.07) is 0. The van der Waals surface area contributed by atoms with E-state index in [0.717, 1.165) is 0 Å². The molecule has 0 aliphatic rings. The molecule has 41 valence electrons. The van der Waals surface area contributed by atoms with E-state index in [9.17, 15) is 13.6 Å². The Kier molecular flexibility index (Phi) is 1.68. The largest absolute Gasteiger partial charge is 0.379 e. The minimum absolute atomic E-state index is 1.67. The Morgan fingerprint density at radius 2 is 1.86 bits per heavy atom. The monoisotopic (exact) mass is 172 g/mol. The van der Waals surface area contributed by atoms with Crippen LogP contribution in [0.25, 0.3) is 0 Å². The van der Waals surface area contributed by atoms with Crippen molar-refractivity contribution in [3.8, 4) is 0 Å². The Hall–Kier alpha value is -0.190. The molecule has 0 aromatic heterocycles. The van der Waals surface area contributed by atoms with Crippen molar-refractivity contribution in [2.24, 2.45) is 0 Å². The molecule has 0 bridgehead atoms. The van der Waals surface area contributed by atoms with Crippen LogP contribution in [0.4, 0.5) is 8.78 Å². The summed E-state index contributed by atoms with van der Waals surface area (Å²) in [5.74, 6) is -1.92. The zero-order valence-electron chi connectivity index (χ0n) is 3.04. The van der Waals surface area contributed by atoms with E-state index in [0.29, 0.717) is 0 Å². The molecule has 5 heteroatoms. The molecule has 0 atom stereocenters. The first kappa shape index (κ1) is 6.81. The van der Waals surface area contributed by atoms with Gasteiger partial charge >= 0.3 is 10.7 Å². The van der Waals surface area contributed by atoms with E-state index < -0.39 is 10.7 Å². The fourth-order valence-electron chi connectivity index (χ4n) is 0. The van der Waals surface area contributed by atoms with Crippen LogP contribution in [0, 0.1) is 0 Å². The minimum atomic E-state index is -3.66. The van der Waals surface area contributed by atoms with Crippen LogP contribution < -0.4 is 5.73 Å². The van der Waals surface area contributed by atoms with Gasteiger partial charge in [0, 0.05) is 15.9 Å². The number of hydrogen-bond donors (Lipinski definition) is 0. The highest BCUT2D eigenvalue weighted by Gasteiger charge is 2.32. The Labute approximate surface area is 46.8 Å². The molecule has 0 fully saturated rings. The maximum absolute atomic E-state index is 11.2. The maximum atomic E-state index is 11.2. The van der Waals surface area contributed by atoms with Gasteiger partial charge in [-0.05, 0) is 0 Å². The smallest absolute Gasteiger partial charge is 0.265 e. The molecule has 0 aliphatic heterocycles. The van der Waals surface area contributed by atoms with E-state index in [1.165, 1.54) is 0 Å². The Morgan fingerprint density at radius 3 is 1.86 bits per heavy atom. The van der Waals surface area contributed by atoms with Gasteiger partial charge in [0.05, 0.1) is 0 Å². The Balaban J connectivity index is 3.79. The van der Waals surface area contributed by atoms with Gasteiger partial charge in [0.15, 0.2) is 0 Å². The van der Waals surface area contributed by atoms with E-state index in [4.69, 9.17) is 5.73 Å². The minimum Gasteiger partial charge on any atom is -0.265 e. The highest BCUT2D eigenvalue weighted by molar-refractivity contribution is 9.10. The highest BCUT2D eigenvalue weighted by Crippen LogP contribution is 2.20. The summed E-state index contributed by atoms with van der Waals surface area (Å²) < 4.78 is 22.4. The quantitative estimate of drug-likeness (QED) is 0.540. The zero-order valence-corrected chi connectivity index (χ0v) is 4.63. The molecule has 7 heavy (non-hydrogen) atoms. The number of carbonyl (C=O) groups excluding carboxylic acids is 1. The second kappa shape index (κ2) is 1.73. The molecule has 2 nitrogen and oxygen atoms in total. The van der Waals surface area contributed by atoms with Gasteiger partial charge < -0.3 is 0 Å². The summed E-state index contributed by atoms with van der Waals surface area (Å²) in [5.41, 5.74) is 5.79. The topological polar surface area (TPSA) is 40.9 Å². The SMILES string of the molecule is [NH]C(=O)C(F)(F)Br. The first-order chi connectivity index (χ1) is 2.94. The average molecular weight is 173 g/mol. The third-order valence-corrected chi connectivity index (χ3v) is 0.618. The highest BCUT2D eigenvalue weighted by atomic mass is 79.9. The van der Waals surface area contributed by atoms with E-state index in [1.54, 1.807) is 15.9 Å². The van der Waals surface area contributed by atoms with Gasteiger partial charge in [0.25, 0.3) is 0 Å². The number of alkyl halides is 3. The molecule has 0 spiro atoms. The van der Waals surface area contributed by atoms with Crippen molar-refractivity contribution in [3.63, 3.8) is 0 Å². The van der Waals surface area contributed by atoms with Crippen LogP contribution in [-0.2, 0) is 4.79 Å².